The maximum atomic E-state index is 12.2. The van der Waals surface area contributed by atoms with Gasteiger partial charge in [-0.15, -0.1) is 0 Å². The summed E-state index contributed by atoms with van der Waals surface area (Å²) in [5, 5.41) is 6.61. The van der Waals surface area contributed by atoms with E-state index in [9.17, 15) is 4.79 Å². The lowest BCUT2D eigenvalue weighted by molar-refractivity contribution is -0.120. The molecular formula is C18H19ClN2O3. The smallest absolute Gasteiger partial charge is 0.239 e. The van der Waals surface area contributed by atoms with Crippen LogP contribution in [-0.2, 0) is 4.79 Å². The summed E-state index contributed by atoms with van der Waals surface area (Å²) in [6.07, 6.45) is 0.761. The number of halogens is 1. The van der Waals surface area contributed by atoms with Crippen molar-refractivity contribution in [2.45, 2.75) is 12.5 Å². The Hall–Kier alpha value is -2.40. The normalized spacial score (nSPS) is 15.8. The van der Waals surface area contributed by atoms with Crippen LogP contribution in [0.15, 0.2) is 42.5 Å². The zero-order chi connectivity index (χ0) is 16.9. The van der Waals surface area contributed by atoms with Gasteiger partial charge in [-0.3, -0.25) is 4.79 Å². The van der Waals surface area contributed by atoms with Gasteiger partial charge >= 0.3 is 0 Å². The molecule has 0 radical (unpaired) electrons. The van der Waals surface area contributed by atoms with Gasteiger partial charge in [0.15, 0.2) is 0 Å². The van der Waals surface area contributed by atoms with Crippen LogP contribution in [0.4, 0.5) is 5.69 Å². The lowest BCUT2D eigenvalue weighted by Crippen LogP contribution is -2.35. The second-order valence-corrected chi connectivity index (χ2v) is 5.91. The summed E-state index contributed by atoms with van der Waals surface area (Å²) in [6.45, 7) is 0.770. The van der Waals surface area contributed by atoms with Crippen LogP contribution in [0.2, 0.25) is 5.02 Å². The Morgan fingerprint density at radius 2 is 2.17 bits per heavy atom. The molecule has 1 atom stereocenters. The Balaban J connectivity index is 1.58. The summed E-state index contributed by atoms with van der Waals surface area (Å²) in [5.41, 5.74) is 1.79. The van der Waals surface area contributed by atoms with E-state index >= 15 is 0 Å². The van der Waals surface area contributed by atoms with Crippen LogP contribution in [0, 0.1) is 0 Å². The van der Waals surface area contributed by atoms with Crippen LogP contribution in [0.25, 0.3) is 0 Å². The predicted octanol–water partition coefficient (Wildman–Crippen LogP) is 3.40. The molecule has 6 heteroatoms. The van der Waals surface area contributed by atoms with E-state index in [1.807, 2.05) is 30.3 Å². The molecule has 1 aliphatic heterocycles. The minimum absolute atomic E-state index is 0.0243. The SMILES string of the molecule is COc1ccc(NCC(=O)NC2CCOc3ccccc32)cc1Cl. The van der Waals surface area contributed by atoms with Crippen LogP contribution in [0.1, 0.15) is 18.0 Å². The summed E-state index contributed by atoms with van der Waals surface area (Å²) < 4.78 is 10.7. The number of hydrogen-bond acceptors (Lipinski definition) is 4. The van der Waals surface area contributed by atoms with Crippen LogP contribution in [-0.4, -0.2) is 26.2 Å². The van der Waals surface area contributed by atoms with Crippen molar-refractivity contribution < 1.29 is 14.3 Å². The molecule has 24 heavy (non-hydrogen) atoms. The monoisotopic (exact) mass is 346 g/mol. The fraction of sp³-hybridized carbons (Fsp3) is 0.278. The molecule has 1 aliphatic rings. The Morgan fingerprint density at radius 3 is 2.96 bits per heavy atom. The Bertz CT molecular complexity index is 736. The summed E-state index contributed by atoms with van der Waals surface area (Å²) in [5.74, 6) is 1.36. The van der Waals surface area contributed by atoms with Gasteiger partial charge in [0, 0.05) is 17.7 Å². The molecule has 0 saturated heterocycles. The van der Waals surface area contributed by atoms with E-state index in [-0.39, 0.29) is 18.5 Å². The highest BCUT2D eigenvalue weighted by molar-refractivity contribution is 6.32. The molecule has 5 nitrogen and oxygen atoms in total. The van der Waals surface area contributed by atoms with Crippen molar-refractivity contribution in [3.05, 3.63) is 53.1 Å². The van der Waals surface area contributed by atoms with Crippen LogP contribution >= 0.6 is 11.6 Å². The molecule has 0 saturated carbocycles. The van der Waals surface area contributed by atoms with Gasteiger partial charge in [0.2, 0.25) is 5.91 Å². The summed E-state index contributed by atoms with van der Waals surface area (Å²) in [6, 6.07) is 13.1. The predicted molar refractivity (Wildman–Crippen MR) is 93.9 cm³/mol. The molecule has 0 fully saturated rings. The molecule has 2 aromatic rings. The van der Waals surface area contributed by atoms with E-state index < -0.39 is 0 Å². The first-order chi connectivity index (χ1) is 11.7. The van der Waals surface area contributed by atoms with Gasteiger partial charge in [0.05, 0.1) is 31.3 Å². The average molecular weight is 347 g/mol. The quantitative estimate of drug-likeness (QED) is 0.871. The third kappa shape index (κ3) is 3.74. The topological polar surface area (TPSA) is 59.6 Å². The maximum absolute atomic E-state index is 12.2. The van der Waals surface area contributed by atoms with Crippen LogP contribution < -0.4 is 20.1 Å². The van der Waals surface area contributed by atoms with Gasteiger partial charge in [-0.1, -0.05) is 29.8 Å². The average Bonchev–Trinajstić information content (AvgIpc) is 2.60. The van der Waals surface area contributed by atoms with Crippen molar-refractivity contribution >= 4 is 23.2 Å². The number of ether oxygens (including phenoxy) is 2. The van der Waals surface area contributed by atoms with Gasteiger partial charge in [0.25, 0.3) is 0 Å². The van der Waals surface area contributed by atoms with Gasteiger partial charge in [-0.05, 0) is 24.3 Å². The zero-order valence-electron chi connectivity index (χ0n) is 13.3. The number of hydrogen-bond donors (Lipinski definition) is 2. The Kier molecular flexibility index (Phi) is 5.11. The van der Waals surface area contributed by atoms with E-state index in [1.165, 1.54) is 0 Å². The molecular weight excluding hydrogens is 328 g/mol. The molecule has 1 amide bonds. The van der Waals surface area contributed by atoms with Crippen LogP contribution in [0.3, 0.4) is 0 Å². The van der Waals surface area contributed by atoms with Gasteiger partial charge in [-0.2, -0.15) is 0 Å². The number of carbonyl (C=O) groups is 1. The molecule has 2 N–H and O–H groups in total. The largest absolute Gasteiger partial charge is 0.495 e. The van der Waals surface area contributed by atoms with E-state index in [0.717, 1.165) is 23.4 Å². The van der Waals surface area contributed by atoms with E-state index in [0.29, 0.717) is 17.4 Å². The van der Waals surface area contributed by atoms with Gasteiger partial charge in [0.1, 0.15) is 11.5 Å². The van der Waals surface area contributed by atoms with Crippen molar-refractivity contribution in [2.24, 2.45) is 0 Å². The summed E-state index contributed by atoms with van der Waals surface area (Å²) in [7, 11) is 1.56. The minimum atomic E-state index is -0.0800. The zero-order valence-corrected chi connectivity index (χ0v) is 14.1. The van der Waals surface area contributed by atoms with Crippen LogP contribution in [0.5, 0.6) is 11.5 Å². The maximum Gasteiger partial charge on any atom is 0.239 e. The van der Waals surface area contributed by atoms with E-state index in [2.05, 4.69) is 10.6 Å². The summed E-state index contributed by atoms with van der Waals surface area (Å²) in [4.78, 5) is 12.2. The molecule has 2 aromatic carbocycles. The van der Waals surface area contributed by atoms with Crippen molar-refractivity contribution in [2.75, 3.05) is 25.6 Å². The minimum Gasteiger partial charge on any atom is -0.495 e. The first kappa shape index (κ1) is 16.5. The lowest BCUT2D eigenvalue weighted by Gasteiger charge is -2.26. The molecule has 0 spiro atoms. The molecule has 1 unspecified atom stereocenters. The number of methoxy groups -OCH3 is 1. The number of anilines is 1. The molecule has 0 bridgehead atoms. The highest BCUT2D eigenvalue weighted by Crippen LogP contribution is 2.31. The lowest BCUT2D eigenvalue weighted by atomic mass is 10.0. The van der Waals surface area contributed by atoms with Gasteiger partial charge in [-0.25, -0.2) is 0 Å². The molecule has 126 valence electrons. The second-order valence-electron chi connectivity index (χ2n) is 5.50. The van der Waals surface area contributed by atoms with Crippen molar-refractivity contribution in [1.29, 1.82) is 0 Å². The Morgan fingerprint density at radius 1 is 1.33 bits per heavy atom. The number of carbonyl (C=O) groups excluding carboxylic acids is 1. The standard InChI is InChI=1S/C18H19ClN2O3/c1-23-17-7-6-12(10-14(17)19)20-11-18(22)21-15-8-9-24-16-5-3-2-4-13(15)16/h2-7,10,15,20H,8-9,11H2,1H3,(H,21,22). The number of amides is 1. The van der Waals surface area contributed by atoms with Crippen molar-refractivity contribution in [3.63, 3.8) is 0 Å². The number of fused-ring (bicyclic) bond motifs is 1. The highest BCUT2D eigenvalue weighted by Gasteiger charge is 2.22. The third-order valence-corrected chi connectivity index (χ3v) is 4.19. The van der Waals surface area contributed by atoms with E-state index in [1.54, 1.807) is 19.2 Å². The third-order valence-electron chi connectivity index (χ3n) is 3.90. The second kappa shape index (κ2) is 7.45. The number of para-hydroxylation sites is 1. The number of rotatable bonds is 5. The highest BCUT2D eigenvalue weighted by atomic mass is 35.5. The Labute approximate surface area is 145 Å². The van der Waals surface area contributed by atoms with E-state index in [4.69, 9.17) is 21.1 Å². The number of nitrogens with one attached hydrogen (secondary N) is 2. The molecule has 0 aliphatic carbocycles. The molecule has 3 rings (SSSR count). The number of benzene rings is 2. The van der Waals surface area contributed by atoms with Gasteiger partial charge < -0.3 is 20.1 Å². The van der Waals surface area contributed by atoms with Crippen molar-refractivity contribution in [1.82, 2.24) is 5.32 Å². The fourth-order valence-corrected chi connectivity index (χ4v) is 2.95. The first-order valence-electron chi connectivity index (χ1n) is 7.76. The molecule has 1 heterocycles. The molecule has 0 aromatic heterocycles. The van der Waals surface area contributed by atoms with Crippen molar-refractivity contribution in [3.8, 4) is 11.5 Å². The fourth-order valence-electron chi connectivity index (χ4n) is 2.70. The summed E-state index contributed by atoms with van der Waals surface area (Å²) >= 11 is 6.08. The first-order valence-corrected chi connectivity index (χ1v) is 8.13.